The van der Waals surface area contributed by atoms with Gasteiger partial charge in [-0.15, -0.1) is 0 Å². The van der Waals surface area contributed by atoms with E-state index in [1.807, 2.05) is 4.90 Å². The first-order valence-corrected chi connectivity index (χ1v) is 6.59. The van der Waals surface area contributed by atoms with Crippen molar-refractivity contribution in [3.05, 3.63) is 0 Å². The van der Waals surface area contributed by atoms with Crippen molar-refractivity contribution in [1.29, 1.82) is 0 Å². The molecule has 2 heterocycles. The Morgan fingerprint density at radius 3 is 2.75 bits per heavy atom. The van der Waals surface area contributed by atoms with Gasteiger partial charge in [0.25, 0.3) is 0 Å². The van der Waals surface area contributed by atoms with Gasteiger partial charge < -0.3 is 9.64 Å². The number of ether oxygens (including phenoxy) is 1. The van der Waals surface area contributed by atoms with Crippen LogP contribution in [0.2, 0.25) is 0 Å². The zero-order valence-electron chi connectivity index (χ0n) is 9.48. The number of thioether (sulfide) groups is 1. The van der Waals surface area contributed by atoms with Crippen LogP contribution in [0.4, 0.5) is 0 Å². The predicted octanol–water partition coefficient (Wildman–Crippen LogP) is 1.05. The molecule has 2 saturated heterocycles. The second-order valence-corrected chi connectivity index (χ2v) is 5.80. The third-order valence-electron chi connectivity index (χ3n) is 3.09. The van der Waals surface area contributed by atoms with Gasteiger partial charge in [0.05, 0.1) is 0 Å². The molecule has 1 atom stereocenters. The normalized spacial score (nSPS) is 27.4. The maximum absolute atomic E-state index is 11.8. The highest BCUT2D eigenvalue weighted by Gasteiger charge is 2.35. The fourth-order valence-corrected chi connectivity index (χ4v) is 3.29. The number of amides is 1. The third-order valence-corrected chi connectivity index (χ3v) is 4.07. The molecule has 0 aliphatic carbocycles. The molecule has 1 amide bonds. The standard InChI is InChI=1S/C11H17NO3S/c1-8(13)16-10-6-11(14)12(7-10)9-2-4-15-5-3-9/h9-10H,2-7H2,1H3. The van der Waals surface area contributed by atoms with E-state index >= 15 is 0 Å². The van der Waals surface area contributed by atoms with Gasteiger partial charge in [-0.05, 0) is 12.8 Å². The van der Waals surface area contributed by atoms with E-state index in [2.05, 4.69) is 0 Å². The Kier molecular flexibility index (Phi) is 3.86. The molecule has 2 aliphatic rings. The van der Waals surface area contributed by atoms with Gasteiger partial charge in [-0.25, -0.2) is 0 Å². The summed E-state index contributed by atoms with van der Waals surface area (Å²) in [6.07, 6.45) is 2.38. The van der Waals surface area contributed by atoms with Crippen molar-refractivity contribution in [1.82, 2.24) is 4.90 Å². The van der Waals surface area contributed by atoms with Crippen LogP contribution in [0, 0.1) is 0 Å². The van der Waals surface area contributed by atoms with Crippen LogP contribution in [-0.2, 0) is 14.3 Å². The fourth-order valence-electron chi connectivity index (χ4n) is 2.36. The molecule has 0 aromatic heterocycles. The van der Waals surface area contributed by atoms with E-state index in [1.54, 1.807) is 6.92 Å². The lowest BCUT2D eigenvalue weighted by molar-refractivity contribution is -0.131. The Balaban J connectivity index is 1.90. The Bertz CT molecular complexity index is 289. The lowest BCUT2D eigenvalue weighted by atomic mass is 10.1. The van der Waals surface area contributed by atoms with Gasteiger partial charge in [0.15, 0.2) is 5.12 Å². The van der Waals surface area contributed by atoms with Crippen molar-refractivity contribution < 1.29 is 14.3 Å². The Morgan fingerprint density at radius 1 is 1.44 bits per heavy atom. The number of hydrogen-bond donors (Lipinski definition) is 0. The van der Waals surface area contributed by atoms with Gasteiger partial charge >= 0.3 is 0 Å². The number of rotatable bonds is 2. The summed E-state index contributed by atoms with van der Waals surface area (Å²) in [5.74, 6) is 0.200. The minimum atomic E-state index is 0.103. The van der Waals surface area contributed by atoms with E-state index < -0.39 is 0 Å². The van der Waals surface area contributed by atoms with E-state index in [1.165, 1.54) is 11.8 Å². The lowest BCUT2D eigenvalue weighted by Gasteiger charge is -2.31. The zero-order chi connectivity index (χ0) is 11.5. The maximum Gasteiger partial charge on any atom is 0.224 e. The third kappa shape index (κ3) is 2.77. The number of likely N-dealkylation sites (tertiary alicyclic amines) is 1. The molecular formula is C11H17NO3S. The second-order valence-electron chi connectivity index (χ2n) is 4.33. The van der Waals surface area contributed by atoms with Crippen LogP contribution in [0.15, 0.2) is 0 Å². The van der Waals surface area contributed by atoms with Crippen LogP contribution >= 0.6 is 11.8 Å². The van der Waals surface area contributed by atoms with E-state index in [0.717, 1.165) is 32.6 Å². The first-order chi connectivity index (χ1) is 7.66. The van der Waals surface area contributed by atoms with Gasteiger partial charge in [-0.3, -0.25) is 9.59 Å². The molecule has 16 heavy (non-hydrogen) atoms. The van der Waals surface area contributed by atoms with E-state index in [-0.39, 0.29) is 16.3 Å². The van der Waals surface area contributed by atoms with E-state index in [4.69, 9.17) is 4.74 Å². The topological polar surface area (TPSA) is 46.6 Å². The lowest BCUT2D eigenvalue weighted by Crippen LogP contribution is -2.40. The van der Waals surface area contributed by atoms with Crippen molar-refractivity contribution in [2.75, 3.05) is 19.8 Å². The SMILES string of the molecule is CC(=O)SC1CC(=O)N(C2CCOCC2)C1. The largest absolute Gasteiger partial charge is 0.381 e. The molecule has 0 aromatic carbocycles. The van der Waals surface area contributed by atoms with Gasteiger partial charge in [-0.1, -0.05) is 11.8 Å². The summed E-state index contributed by atoms with van der Waals surface area (Å²) in [5, 5.41) is 0.263. The molecule has 0 radical (unpaired) electrons. The highest BCUT2D eigenvalue weighted by Crippen LogP contribution is 2.28. The molecule has 0 spiro atoms. The van der Waals surface area contributed by atoms with Crippen LogP contribution in [0.1, 0.15) is 26.2 Å². The van der Waals surface area contributed by atoms with Crippen LogP contribution in [0.5, 0.6) is 0 Å². The summed E-state index contributed by atoms with van der Waals surface area (Å²) < 4.78 is 5.29. The molecule has 4 nitrogen and oxygen atoms in total. The number of carbonyl (C=O) groups excluding carboxylic acids is 2. The molecule has 2 fully saturated rings. The molecule has 1 unspecified atom stereocenters. The second kappa shape index (κ2) is 5.19. The fraction of sp³-hybridized carbons (Fsp3) is 0.818. The summed E-state index contributed by atoms with van der Waals surface area (Å²) in [6, 6.07) is 0.332. The molecule has 2 aliphatic heterocycles. The maximum atomic E-state index is 11.8. The number of carbonyl (C=O) groups is 2. The first kappa shape index (κ1) is 11.9. The van der Waals surface area contributed by atoms with E-state index in [9.17, 15) is 9.59 Å². The van der Waals surface area contributed by atoms with Gasteiger partial charge in [0.2, 0.25) is 5.91 Å². The number of nitrogens with zero attached hydrogens (tertiary/aromatic N) is 1. The van der Waals surface area contributed by atoms with Crippen LogP contribution < -0.4 is 0 Å². The summed E-state index contributed by atoms with van der Waals surface area (Å²) in [4.78, 5) is 24.8. The molecular weight excluding hydrogens is 226 g/mol. The van der Waals surface area contributed by atoms with Gasteiger partial charge in [0, 0.05) is 44.4 Å². The average Bonchev–Trinajstić information content (AvgIpc) is 2.60. The molecule has 0 bridgehead atoms. The quantitative estimate of drug-likeness (QED) is 0.727. The van der Waals surface area contributed by atoms with Gasteiger partial charge in [0.1, 0.15) is 0 Å². The molecule has 0 saturated carbocycles. The van der Waals surface area contributed by atoms with Crippen LogP contribution in [0.3, 0.4) is 0 Å². The smallest absolute Gasteiger partial charge is 0.224 e. The average molecular weight is 243 g/mol. The summed E-state index contributed by atoms with van der Waals surface area (Å²) in [7, 11) is 0. The van der Waals surface area contributed by atoms with Crippen molar-refractivity contribution >= 4 is 22.8 Å². The highest BCUT2D eigenvalue weighted by atomic mass is 32.2. The zero-order valence-corrected chi connectivity index (χ0v) is 10.3. The Labute approximate surface area is 99.7 Å². The number of hydrogen-bond acceptors (Lipinski definition) is 4. The summed E-state index contributed by atoms with van der Waals surface area (Å²) in [5.41, 5.74) is 0. The highest BCUT2D eigenvalue weighted by molar-refractivity contribution is 8.14. The summed E-state index contributed by atoms with van der Waals surface area (Å²) in [6.45, 7) is 3.79. The van der Waals surface area contributed by atoms with Crippen molar-refractivity contribution in [3.8, 4) is 0 Å². The van der Waals surface area contributed by atoms with Crippen molar-refractivity contribution in [3.63, 3.8) is 0 Å². The molecule has 2 rings (SSSR count). The molecule has 0 aromatic rings. The van der Waals surface area contributed by atoms with Crippen LogP contribution in [0.25, 0.3) is 0 Å². The minimum absolute atomic E-state index is 0.103. The minimum Gasteiger partial charge on any atom is -0.381 e. The van der Waals surface area contributed by atoms with Crippen LogP contribution in [-0.4, -0.2) is 47.0 Å². The molecule has 0 N–H and O–H groups in total. The molecule has 90 valence electrons. The monoisotopic (exact) mass is 243 g/mol. The summed E-state index contributed by atoms with van der Waals surface area (Å²) >= 11 is 1.30. The van der Waals surface area contributed by atoms with E-state index in [0.29, 0.717) is 12.5 Å². The molecule has 5 heteroatoms. The first-order valence-electron chi connectivity index (χ1n) is 5.71. The Hall–Kier alpha value is -0.550. The van der Waals surface area contributed by atoms with Crippen molar-refractivity contribution in [2.24, 2.45) is 0 Å². The van der Waals surface area contributed by atoms with Gasteiger partial charge in [-0.2, -0.15) is 0 Å². The van der Waals surface area contributed by atoms with Crippen molar-refractivity contribution in [2.45, 2.75) is 37.5 Å². The Morgan fingerprint density at radius 2 is 2.12 bits per heavy atom. The predicted molar refractivity (Wildman–Crippen MR) is 62.2 cm³/mol.